The molecule has 3 atom stereocenters. The standard InChI is InChI=1S/C22H30N2O6/c1-14(25)17-10-16(22(17,2)3)11-18(20(27)23-12-19(26)29-4)24-21(28)30-13-15-8-6-5-7-9-15/h5-9,16-18H,10-13H2,1-4H3,(H,23,27)(H,24,28)/t16-,17+,18+/m1/s1. The van der Waals surface area contributed by atoms with Gasteiger partial charge in [0.15, 0.2) is 0 Å². The molecule has 30 heavy (non-hydrogen) atoms. The van der Waals surface area contributed by atoms with E-state index >= 15 is 0 Å². The van der Waals surface area contributed by atoms with Crippen molar-refractivity contribution in [3.8, 4) is 0 Å². The Labute approximate surface area is 176 Å². The average molecular weight is 418 g/mol. The van der Waals surface area contributed by atoms with Gasteiger partial charge in [-0.05, 0) is 36.7 Å². The van der Waals surface area contributed by atoms with Crippen molar-refractivity contribution in [2.75, 3.05) is 13.7 Å². The SMILES string of the molecule is COC(=O)CNC(=O)[C@H](C[C@H]1C[C@@H](C(C)=O)C1(C)C)NC(=O)OCc1ccccc1. The molecule has 0 saturated heterocycles. The van der Waals surface area contributed by atoms with E-state index in [0.29, 0.717) is 12.8 Å². The van der Waals surface area contributed by atoms with Crippen LogP contribution < -0.4 is 10.6 Å². The summed E-state index contributed by atoms with van der Waals surface area (Å²) in [4.78, 5) is 48.0. The van der Waals surface area contributed by atoms with Gasteiger partial charge in [-0.1, -0.05) is 44.2 Å². The molecular weight excluding hydrogens is 388 g/mol. The van der Waals surface area contributed by atoms with E-state index < -0.39 is 24.0 Å². The first kappa shape index (κ1) is 23.4. The lowest BCUT2D eigenvalue weighted by Gasteiger charge is -2.52. The van der Waals surface area contributed by atoms with E-state index in [0.717, 1.165) is 5.56 Å². The maximum atomic E-state index is 12.6. The number of esters is 1. The van der Waals surface area contributed by atoms with Crippen LogP contribution in [0, 0.1) is 17.3 Å². The Bertz CT molecular complexity index is 777. The zero-order valence-corrected chi connectivity index (χ0v) is 17.9. The molecule has 2 amide bonds. The number of carbonyl (C=O) groups is 4. The predicted molar refractivity (Wildman–Crippen MR) is 109 cm³/mol. The second kappa shape index (κ2) is 10.2. The van der Waals surface area contributed by atoms with Gasteiger partial charge >= 0.3 is 12.1 Å². The quantitative estimate of drug-likeness (QED) is 0.595. The zero-order valence-electron chi connectivity index (χ0n) is 17.9. The van der Waals surface area contributed by atoms with Crippen molar-refractivity contribution in [3.63, 3.8) is 0 Å². The lowest BCUT2D eigenvalue weighted by Crippen LogP contribution is -2.54. The molecule has 0 radical (unpaired) electrons. The fourth-order valence-corrected chi connectivity index (χ4v) is 3.88. The van der Waals surface area contributed by atoms with Gasteiger partial charge in [0.05, 0.1) is 7.11 Å². The summed E-state index contributed by atoms with van der Waals surface area (Å²) in [7, 11) is 1.23. The summed E-state index contributed by atoms with van der Waals surface area (Å²) >= 11 is 0. The third-order valence-corrected chi connectivity index (χ3v) is 5.94. The van der Waals surface area contributed by atoms with E-state index in [9.17, 15) is 19.2 Å². The number of carbonyl (C=O) groups excluding carboxylic acids is 4. The van der Waals surface area contributed by atoms with Crippen LogP contribution >= 0.6 is 0 Å². The van der Waals surface area contributed by atoms with Crippen molar-refractivity contribution in [2.45, 2.75) is 46.3 Å². The molecule has 1 aromatic carbocycles. The summed E-state index contributed by atoms with van der Waals surface area (Å²) in [5.74, 6) is -0.965. The smallest absolute Gasteiger partial charge is 0.408 e. The molecule has 164 valence electrons. The molecule has 1 aliphatic carbocycles. The number of benzene rings is 1. The van der Waals surface area contributed by atoms with Crippen molar-refractivity contribution in [1.82, 2.24) is 10.6 Å². The second-order valence-corrected chi connectivity index (χ2v) is 8.21. The fourth-order valence-electron chi connectivity index (χ4n) is 3.88. The third kappa shape index (κ3) is 6.05. The van der Waals surface area contributed by atoms with Gasteiger partial charge in [0.25, 0.3) is 0 Å². The number of ether oxygens (including phenoxy) is 2. The number of methoxy groups -OCH3 is 1. The number of alkyl carbamates (subject to hydrolysis) is 1. The van der Waals surface area contributed by atoms with Crippen LogP contribution in [0.1, 0.15) is 39.2 Å². The van der Waals surface area contributed by atoms with E-state index in [1.165, 1.54) is 7.11 Å². The number of nitrogens with one attached hydrogen (secondary N) is 2. The monoisotopic (exact) mass is 418 g/mol. The second-order valence-electron chi connectivity index (χ2n) is 8.21. The molecule has 0 spiro atoms. The van der Waals surface area contributed by atoms with Crippen molar-refractivity contribution < 1.29 is 28.7 Å². The predicted octanol–water partition coefficient (Wildman–Crippen LogP) is 2.21. The van der Waals surface area contributed by atoms with Crippen molar-refractivity contribution >= 4 is 23.8 Å². The minimum atomic E-state index is -0.893. The number of ketones is 1. The molecule has 0 heterocycles. The average Bonchev–Trinajstić information content (AvgIpc) is 2.72. The first-order valence-electron chi connectivity index (χ1n) is 9.97. The molecule has 2 N–H and O–H groups in total. The summed E-state index contributed by atoms with van der Waals surface area (Å²) in [6, 6.07) is 8.29. The van der Waals surface area contributed by atoms with E-state index in [4.69, 9.17) is 4.74 Å². The Morgan fingerprint density at radius 1 is 1.17 bits per heavy atom. The summed E-state index contributed by atoms with van der Waals surface area (Å²) in [5.41, 5.74) is 0.547. The maximum absolute atomic E-state index is 12.6. The van der Waals surface area contributed by atoms with E-state index in [2.05, 4.69) is 15.4 Å². The van der Waals surface area contributed by atoms with Crippen molar-refractivity contribution in [1.29, 1.82) is 0 Å². The minimum Gasteiger partial charge on any atom is -0.468 e. The number of rotatable bonds is 9. The first-order valence-corrected chi connectivity index (χ1v) is 9.97. The summed E-state index contributed by atoms with van der Waals surface area (Å²) in [6.45, 7) is 5.33. The molecule has 1 saturated carbocycles. The van der Waals surface area contributed by atoms with Gasteiger partial charge in [0, 0.05) is 5.92 Å². The molecule has 8 nitrogen and oxygen atoms in total. The Kier molecular flexibility index (Phi) is 7.97. The molecule has 1 aromatic rings. The first-order chi connectivity index (χ1) is 14.1. The summed E-state index contributed by atoms with van der Waals surface area (Å²) < 4.78 is 9.76. The molecule has 1 aliphatic rings. The van der Waals surface area contributed by atoms with Crippen LogP contribution in [0.2, 0.25) is 0 Å². The highest BCUT2D eigenvalue weighted by molar-refractivity contribution is 5.88. The van der Waals surface area contributed by atoms with E-state index in [1.807, 2.05) is 44.2 Å². The normalized spacial score (nSPS) is 20.3. The van der Waals surface area contributed by atoms with Crippen LogP contribution in [-0.4, -0.2) is 43.4 Å². The Hall–Kier alpha value is -2.90. The topological polar surface area (TPSA) is 111 Å². The van der Waals surface area contributed by atoms with Crippen LogP contribution in [0.25, 0.3) is 0 Å². The van der Waals surface area contributed by atoms with Gasteiger partial charge in [-0.25, -0.2) is 4.79 Å². The van der Waals surface area contributed by atoms with Crippen LogP contribution in [0.3, 0.4) is 0 Å². The van der Waals surface area contributed by atoms with Crippen molar-refractivity contribution in [2.24, 2.45) is 17.3 Å². The van der Waals surface area contributed by atoms with Gasteiger partial charge in [0.2, 0.25) is 5.91 Å². The highest BCUT2D eigenvalue weighted by atomic mass is 16.5. The number of hydrogen-bond donors (Lipinski definition) is 2. The van der Waals surface area contributed by atoms with E-state index in [-0.39, 0.29) is 36.2 Å². The molecule has 1 fully saturated rings. The molecular formula is C22H30N2O6. The number of amides is 2. The Balaban J connectivity index is 1.99. The summed E-state index contributed by atoms with van der Waals surface area (Å²) in [6.07, 6.45) is 0.269. The van der Waals surface area contributed by atoms with Crippen LogP contribution in [0.15, 0.2) is 30.3 Å². The highest BCUT2D eigenvalue weighted by Crippen LogP contribution is 2.53. The van der Waals surface area contributed by atoms with Gasteiger partial charge < -0.3 is 20.1 Å². The molecule has 0 bridgehead atoms. The number of Topliss-reactive ketones (excluding diaryl/α,β-unsaturated/α-hetero) is 1. The van der Waals surface area contributed by atoms with Gasteiger partial charge in [-0.15, -0.1) is 0 Å². The maximum Gasteiger partial charge on any atom is 0.408 e. The third-order valence-electron chi connectivity index (χ3n) is 5.94. The van der Waals surface area contributed by atoms with Gasteiger partial charge in [0.1, 0.15) is 25.0 Å². The Morgan fingerprint density at radius 2 is 1.83 bits per heavy atom. The van der Waals surface area contributed by atoms with Gasteiger partial charge in [-0.3, -0.25) is 14.4 Å². The fraction of sp³-hybridized carbons (Fsp3) is 0.545. The lowest BCUT2D eigenvalue weighted by atomic mass is 9.52. The number of hydrogen-bond acceptors (Lipinski definition) is 6. The Morgan fingerprint density at radius 3 is 2.40 bits per heavy atom. The van der Waals surface area contributed by atoms with E-state index in [1.54, 1.807) is 6.92 Å². The molecule has 0 aliphatic heterocycles. The molecule has 8 heteroatoms. The summed E-state index contributed by atoms with van der Waals surface area (Å²) in [5, 5.41) is 5.08. The van der Waals surface area contributed by atoms with Crippen molar-refractivity contribution in [3.05, 3.63) is 35.9 Å². The largest absolute Gasteiger partial charge is 0.468 e. The van der Waals surface area contributed by atoms with Crippen LogP contribution in [0.4, 0.5) is 4.79 Å². The van der Waals surface area contributed by atoms with Gasteiger partial charge in [-0.2, -0.15) is 0 Å². The van der Waals surface area contributed by atoms with Crippen LogP contribution in [-0.2, 0) is 30.5 Å². The zero-order chi connectivity index (χ0) is 22.3. The molecule has 0 unspecified atom stereocenters. The molecule has 0 aromatic heterocycles. The van der Waals surface area contributed by atoms with Crippen LogP contribution in [0.5, 0.6) is 0 Å². The minimum absolute atomic E-state index is 0.0636. The lowest BCUT2D eigenvalue weighted by molar-refractivity contribution is -0.142. The molecule has 2 rings (SSSR count). The highest BCUT2D eigenvalue weighted by Gasteiger charge is 2.51.